The Hall–Kier alpha value is -1.41. The molecule has 0 unspecified atom stereocenters. The molecule has 2 heterocycles. The lowest BCUT2D eigenvalue weighted by atomic mass is 10.3. The normalized spacial score (nSPS) is 15.1. The van der Waals surface area contributed by atoms with Crippen LogP contribution >= 0.6 is 11.8 Å². The maximum atomic E-state index is 4.48. The molecule has 0 radical (unpaired) electrons. The first kappa shape index (κ1) is 12.6. The van der Waals surface area contributed by atoms with Gasteiger partial charge in [-0.3, -0.25) is 4.68 Å². The van der Waals surface area contributed by atoms with Crippen LogP contribution in [0.25, 0.3) is 0 Å². The lowest BCUT2D eigenvalue weighted by Gasteiger charge is -2.05. The Morgan fingerprint density at radius 3 is 2.89 bits per heavy atom. The quantitative estimate of drug-likeness (QED) is 0.877. The van der Waals surface area contributed by atoms with Gasteiger partial charge in [0.1, 0.15) is 5.03 Å². The molecule has 1 aliphatic carbocycles. The Morgan fingerprint density at radius 1 is 1.42 bits per heavy atom. The molecule has 102 valence electrons. The molecule has 1 fully saturated rings. The van der Waals surface area contributed by atoms with Crippen LogP contribution in [0.3, 0.4) is 0 Å². The first-order valence-corrected chi connectivity index (χ1v) is 7.15. The monoisotopic (exact) mass is 279 g/mol. The van der Waals surface area contributed by atoms with Crippen molar-refractivity contribution in [2.75, 3.05) is 7.05 Å². The molecule has 3 rings (SSSR count). The third-order valence-electron chi connectivity index (χ3n) is 3.19. The summed E-state index contributed by atoms with van der Waals surface area (Å²) in [5.41, 5.74) is 2.25. The molecule has 1 N–H and O–H groups in total. The van der Waals surface area contributed by atoms with Gasteiger partial charge in [0.25, 0.3) is 0 Å². The topological polar surface area (TPSA) is 73.5 Å². The van der Waals surface area contributed by atoms with Crippen LogP contribution in [0.2, 0.25) is 0 Å². The molecular weight excluding hydrogens is 262 g/mol. The minimum Gasteiger partial charge on any atom is -0.316 e. The molecule has 8 heteroatoms. The number of nitrogens with one attached hydrogen (secondary N) is 1. The first-order chi connectivity index (χ1) is 9.20. The van der Waals surface area contributed by atoms with Crippen LogP contribution < -0.4 is 5.32 Å². The summed E-state index contributed by atoms with van der Waals surface area (Å²) < 4.78 is 3.83. The number of aromatic nitrogens is 6. The Kier molecular flexibility index (Phi) is 3.28. The van der Waals surface area contributed by atoms with Crippen molar-refractivity contribution in [3.05, 3.63) is 11.3 Å². The zero-order chi connectivity index (χ0) is 13.4. The van der Waals surface area contributed by atoms with Crippen LogP contribution in [-0.2, 0) is 13.6 Å². The molecular formula is C11H17N7S. The largest absolute Gasteiger partial charge is 0.316 e. The number of aryl methyl sites for hydroxylation is 2. The summed E-state index contributed by atoms with van der Waals surface area (Å²) in [5.74, 6) is 0. The number of hydrogen-bond acceptors (Lipinski definition) is 6. The smallest absolute Gasteiger partial charge is 0.215 e. The highest BCUT2D eigenvalue weighted by Crippen LogP contribution is 2.38. The van der Waals surface area contributed by atoms with Gasteiger partial charge in [0.2, 0.25) is 5.16 Å². The SMILES string of the molecule is CNCc1c(C)nn(C)c1Sc1nnnn1C1CC1. The van der Waals surface area contributed by atoms with Gasteiger partial charge in [-0.25, -0.2) is 4.68 Å². The van der Waals surface area contributed by atoms with Crippen LogP contribution in [-0.4, -0.2) is 37.0 Å². The van der Waals surface area contributed by atoms with Crippen LogP contribution in [0.5, 0.6) is 0 Å². The molecule has 2 aromatic rings. The van der Waals surface area contributed by atoms with Crippen molar-refractivity contribution in [3.8, 4) is 0 Å². The molecule has 0 aromatic carbocycles. The van der Waals surface area contributed by atoms with Gasteiger partial charge in [-0.15, -0.1) is 5.10 Å². The number of rotatable bonds is 5. The summed E-state index contributed by atoms with van der Waals surface area (Å²) >= 11 is 1.59. The van der Waals surface area contributed by atoms with E-state index < -0.39 is 0 Å². The van der Waals surface area contributed by atoms with Gasteiger partial charge >= 0.3 is 0 Å². The highest BCUT2D eigenvalue weighted by Gasteiger charge is 2.29. The minimum atomic E-state index is 0.486. The number of hydrogen-bond donors (Lipinski definition) is 1. The molecule has 0 bridgehead atoms. The fourth-order valence-corrected chi connectivity index (χ4v) is 3.12. The molecule has 0 spiro atoms. The molecule has 2 aromatic heterocycles. The van der Waals surface area contributed by atoms with Crippen LogP contribution in [0.1, 0.15) is 30.1 Å². The molecule has 0 amide bonds. The third-order valence-corrected chi connectivity index (χ3v) is 4.34. The van der Waals surface area contributed by atoms with Crippen molar-refractivity contribution in [1.82, 2.24) is 35.3 Å². The molecule has 0 atom stereocenters. The second kappa shape index (κ2) is 4.93. The summed E-state index contributed by atoms with van der Waals surface area (Å²) in [6, 6.07) is 0.486. The van der Waals surface area contributed by atoms with E-state index in [4.69, 9.17) is 0 Å². The van der Waals surface area contributed by atoms with Crippen LogP contribution in [0.15, 0.2) is 10.2 Å². The van der Waals surface area contributed by atoms with E-state index in [0.29, 0.717) is 6.04 Å². The number of nitrogens with zero attached hydrogens (tertiary/aromatic N) is 6. The number of tetrazole rings is 1. The zero-order valence-corrected chi connectivity index (χ0v) is 12.1. The molecule has 0 aliphatic heterocycles. The Balaban J connectivity index is 1.91. The van der Waals surface area contributed by atoms with E-state index in [1.165, 1.54) is 18.4 Å². The summed E-state index contributed by atoms with van der Waals surface area (Å²) in [6.45, 7) is 2.83. The molecule has 19 heavy (non-hydrogen) atoms. The van der Waals surface area contributed by atoms with E-state index in [0.717, 1.165) is 22.4 Å². The van der Waals surface area contributed by atoms with Gasteiger partial charge in [0, 0.05) is 19.2 Å². The van der Waals surface area contributed by atoms with Crippen molar-refractivity contribution in [3.63, 3.8) is 0 Å². The lowest BCUT2D eigenvalue weighted by Crippen LogP contribution is -2.07. The van der Waals surface area contributed by atoms with Gasteiger partial charge in [-0.2, -0.15) is 5.10 Å². The average molecular weight is 279 g/mol. The second-order valence-electron chi connectivity index (χ2n) is 4.76. The van der Waals surface area contributed by atoms with Crippen molar-refractivity contribution in [2.24, 2.45) is 7.05 Å². The summed E-state index contributed by atoms with van der Waals surface area (Å²) in [6.07, 6.45) is 2.35. The Morgan fingerprint density at radius 2 is 2.21 bits per heavy atom. The van der Waals surface area contributed by atoms with Crippen molar-refractivity contribution in [2.45, 2.75) is 42.5 Å². The fraction of sp³-hybridized carbons (Fsp3) is 0.636. The summed E-state index contributed by atoms with van der Waals surface area (Å²) in [4.78, 5) is 0. The van der Waals surface area contributed by atoms with Crippen LogP contribution in [0.4, 0.5) is 0 Å². The fourth-order valence-electron chi connectivity index (χ4n) is 2.08. The average Bonchev–Trinajstić information content (AvgIpc) is 3.07. The third kappa shape index (κ3) is 2.37. The summed E-state index contributed by atoms with van der Waals surface area (Å²) in [7, 11) is 3.90. The maximum Gasteiger partial charge on any atom is 0.215 e. The van der Waals surface area contributed by atoms with E-state index in [-0.39, 0.29) is 0 Å². The van der Waals surface area contributed by atoms with Crippen molar-refractivity contribution in [1.29, 1.82) is 0 Å². The standard InChI is InChI=1S/C11H17N7S/c1-7-9(6-12-2)10(17(3)14-7)19-11-13-15-16-18(11)8-4-5-8/h8,12H,4-6H2,1-3H3. The van der Waals surface area contributed by atoms with Gasteiger partial charge in [-0.05, 0) is 49.0 Å². The second-order valence-corrected chi connectivity index (χ2v) is 5.72. The van der Waals surface area contributed by atoms with Gasteiger partial charge in [-0.1, -0.05) is 0 Å². The molecule has 0 saturated heterocycles. The van der Waals surface area contributed by atoms with Gasteiger partial charge in [0.15, 0.2) is 0 Å². The van der Waals surface area contributed by atoms with Crippen molar-refractivity contribution >= 4 is 11.8 Å². The van der Waals surface area contributed by atoms with E-state index in [9.17, 15) is 0 Å². The van der Waals surface area contributed by atoms with E-state index in [1.54, 1.807) is 11.8 Å². The molecule has 1 saturated carbocycles. The summed E-state index contributed by atoms with van der Waals surface area (Å²) in [5, 5.41) is 21.6. The van der Waals surface area contributed by atoms with Crippen molar-refractivity contribution < 1.29 is 0 Å². The minimum absolute atomic E-state index is 0.486. The zero-order valence-electron chi connectivity index (χ0n) is 11.3. The lowest BCUT2D eigenvalue weighted by molar-refractivity contribution is 0.564. The van der Waals surface area contributed by atoms with E-state index >= 15 is 0 Å². The Labute approximate surface area is 115 Å². The predicted molar refractivity (Wildman–Crippen MR) is 70.9 cm³/mol. The highest BCUT2D eigenvalue weighted by atomic mass is 32.2. The molecule has 7 nitrogen and oxygen atoms in total. The maximum absolute atomic E-state index is 4.48. The molecule has 1 aliphatic rings. The Bertz CT molecular complexity index is 584. The van der Waals surface area contributed by atoms with Gasteiger partial charge < -0.3 is 5.32 Å². The highest BCUT2D eigenvalue weighted by molar-refractivity contribution is 7.99. The van der Waals surface area contributed by atoms with Gasteiger partial charge in [0.05, 0.1) is 11.7 Å². The van der Waals surface area contributed by atoms with Crippen LogP contribution in [0, 0.1) is 6.92 Å². The van der Waals surface area contributed by atoms with E-state index in [1.807, 2.05) is 30.4 Å². The predicted octanol–water partition coefficient (Wildman–Crippen LogP) is 0.921. The van der Waals surface area contributed by atoms with E-state index in [2.05, 4.69) is 25.9 Å². The first-order valence-electron chi connectivity index (χ1n) is 6.33.